The van der Waals surface area contributed by atoms with E-state index in [1.165, 1.54) is 30.6 Å². The van der Waals surface area contributed by atoms with Gasteiger partial charge in [-0.15, -0.1) is 35.3 Å². The molecule has 3 atom stereocenters. The first kappa shape index (κ1) is 16.5. The summed E-state index contributed by atoms with van der Waals surface area (Å²) in [6.45, 7) is 1.79. The van der Waals surface area contributed by atoms with Gasteiger partial charge in [0.15, 0.2) is 5.96 Å². The molecule has 0 radical (unpaired) electrons. The topological polar surface area (TPSA) is 45.7 Å². The van der Waals surface area contributed by atoms with Crippen LogP contribution in [0.25, 0.3) is 0 Å². The van der Waals surface area contributed by atoms with Crippen molar-refractivity contribution in [3.8, 4) is 0 Å². The molecule has 0 aromatic carbocycles. The van der Waals surface area contributed by atoms with E-state index >= 15 is 0 Å². The zero-order valence-corrected chi connectivity index (χ0v) is 16.0. The van der Waals surface area contributed by atoms with E-state index in [-0.39, 0.29) is 24.0 Å². The van der Waals surface area contributed by atoms with E-state index in [2.05, 4.69) is 33.1 Å². The summed E-state index contributed by atoms with van der Waals surface area (Å²) in [5.74, 6) is 1.62. The van der Waals surface area contributed by atoms with Crippen molar-refractivity contribution in [3.63, 3.8) is 0 Å². The summed E-state index contributed by atoms with van der Waals surface area (Å²) in [5.41, 5.74) is 0.404. The number of hydrogen-bond acceptors (Lipinski definition) is 3. The molecule has 4 nitrogen and oxygen atoms in total. The van der Waals surface area contributed by atoms with Gasteiger partial charge in [0.05, 0.1) is 12.6 Å². The van der Waals surface area contributed by atoms with Crippen molar-refractivity contribution in [2.24, 2.45) is 16.3 Å². The molecule has 3 aliphatic rings. The Hall–Kier alpha value is -0.340. The third kappa shape index (κ3) is 2.57. The summed E-state index contributed by atoms with van der Waals surface area (Å²) in [6, 6.07) is 4.80. The molecule has 2 aliphatic carbocycles. The molecule has 3 unspecified atom stereocenters. The van der Waals surface area contributed by atoms with Gasteiger partial charge in [-0.2, -0.15) is 0 Å². The van der Waals surface area contributed by atoms with Gasteiger partial charge in [0, 0.05) is 35.9 Å². The van der Waals surface area contributed by atoms with E-state index in [4.69, 9.17) is 4.74 Å². The van der Waals surface area contributed by atoms with Crippen LogP contribution in [0.15, 0.2) is 22.5 Å². The molecular weight excluding hydrogens is 409 g/mol. The Morgan fingerprint density at radius 1 is 1.50 bits per heavy atom. The first-order valence-corrected chi connectivity index (χ1v) is 8.83. The average molecular weight is 433 g/mol. The van der Waals surface area contributed by atoms with E-state index in [0.717, 1.165) is 19.1 Å². The number of rotatable bonds is 3. The number of guanidine groups is 1. The maximum atomic E-state index is 5.98. The Morgan fingerprint density at radius 2 is 2.36 bits per heavy atom. The summed E-state index contributed by atoms with van der Waals surface area (Å²) in [7, 11) is 1.86. The van der Waals surface area contributed by atoms with Crippen LogP contribution in [0.4, 0.5) is 0 Å². The monoisotopic (exact) mass is 433 g/mol. The first-order chi connectivity index (χ1) is 10.3. The number of ether oxygens (including phenoxy) is 1. The lowest BCUT2D eigenvalue weighted by Crippen LogP contribution is -2.72. The molecule has 2 N–H and O–H groups in total. The van der Waals surface area contributed by atoms with Crippen LogP contribution >= 0.6 is 35.3 Å². The average Bonchev–Trinajstić information content (AvgIpc) is 3.08. The van der Waals surface area contributed by atoms with Gasteiger partial charge in [0.25, 0.3) is 0 Å². The van der Waals surface area contributed by atoms with E-state index in [1.54, 1.807) is 11.3 Å². The molecule has 0 bridgehead atoms. The van der Waals surface area contributed by atoms with Crippen molar-refractivity contribution in [1.29, 1.82) is 0 Å². The fourth-order valence-corrected chi connectivity index (χ4v) is 5.03. The van der Waals surface area contributed by atoms with Crippen molar-refractivity contribution in [1.82, 2.24) is 10.6 Å². The fourth-order valence-electron chi connectivity index (χ4n) is 4.38. The molecule has 6 heteroatoms. The van der Waals surface area contributed by atoms with Crippen LogP contribution in [0.2, 0.25) is 0 Å². The highest BCUT2D eigenvalue weighted by molar-refractivity contribution is 14.0. The van der Waals surface area contributed by atoms with Gasteiger partial charge in [-0.05, 0) is 30.7 Å². The summed E-state index contributed by atoms with van der Waals surface area (Å²) in [4.78, 5) is 5.75. The van der Waals surface area contributed by atoms with Crippen LogP contribution in [0.1, 0.15) is 30.6 Å². The van der Waals surface area contributed by atoms with Gasteiger partial charge in [-0.3, -0.25) is 4.99 Å². The number of hydrogen-bond donors (Lipinski definition) is 2. The van der Waals surface area contributed by atoms with E-state index in [0.29, 0.717) is 23.5 Å². The minimum absolute atomic E-state index is 0. The Kier molecular flexibility index (Phi) is 4.99. The smallest absolute Gasteiger partial charge is 0.191 e. The standard InChI is InChI=1S/C16H23N3OS.HI/c1-17-15(18-10-11-4-2-9-21-11)19-13-12-5-8-20-14(12)16(13)6-3-7-16;/h2,4,9,12-14H,3,5-8,10H2,1H3,(H2,17,18,19);1H. The van der Waals surface area contributed by atoms with Gasteiger partial charge in [0.2, 0.25) is 0 Å². The molecule has 2 saturated carbocycles. The fraction of sp³-hybridized carbons (Fsp3) is 0.688. The highest BCUT2D eigenvalue weighted by Gasteiger charge is 2.66. The van der Waals surface area contributed by atoms with E-state index in [9.17, 15) is 0 Å². The van der Waals surface area contributed by atoms with Gasteiger partial charge in [-0.1, -0.05) is 12.5 Å². The number of nitrogens with one attached hydrogen (secondary N) is 2. The second-order valence-corrected chi connectivity index (χ2v) is 7.49. The Morgan fingerprint density at radius 3 is 3.00 bits per heavy atom. The normalized spacial score (nSPS) is 31.7. The predicted molar refractivity (Wildman–Crippen MR) is 101 cm³/mol. The molecule has 122 valence electrons. The minimum Gasteiger partial charge on any atom is -0.377 e. The highest BCUT2D eigenvalue weighted by Crippen LogP contribution is 2.62. The summed E-state index contributed by atoms with van der Waals surface area (Å²) in [5, 5.41) is 9.25. The third-order valence-corrected chi connectivity index (χ3v) is 6.44. The molecule has 4 rings (SSSR count). The highest BCUT2D eigenvalue weighted by atomic mass is 127. The van der Waals surface area contributed by atoms with Crippen molar-refractivity contribution in [2.45, 2.75) is 44.4 Å². The van der Waals surface area contributed by atoms with Gasteiger partial charge in [-0.25, -0.2) is 0 Å². The van der Waals surface area contributed by atoms with Gasteiger partial charge >= 0.3 is 0 Å². The molecule has 1 aromatic rings. The zero-order chi connectivity index (χ0) is 14.3. The van der Waals surface area contributed by atoms with Crippen LogP contribution in [0.5, 0.6) is 0 Å². The molecule has 0 amide bonds. The lowest BCUT2D eigenvalue weighted by molar-refractivity contribution is -0.171. The molecule has 22 heavy (non-hydrogen) atoms. The van der Waals surface area contributed by atoms with Crippen molar-refractivity contribution in [3.05, 3.63) is 22.4 Å². The maximum absolute atomic E-state index is 5.98. The number of nitrogens with zero attached hydrogens (tertiary/aromatic N) is 1. The quantitative estimate of drug-likeness (QED) is 0.438. The number of thiophene rings is 1. The molecule has 1 spiro atoms. The van der Waals surface area contributed by atoms with E-state index in [1.807, 2.05) is 7.05 Å². The molecule has 1 aliphatic heterocycles. The first-order valence-electron chi connectivity index (χ1n) is 7.95. The Bertz CT molecular complexity index is 530. The van der Waals surface area contributed by atoms with Gasteiger partial charge in [0.1, 0.15) is 0 Å². The largest absolute Gasteiger partial charge is 0.377 e. The summed E-state index contributed by atoms with van der Waals surface area (Å²) < 4.78 is 5.98. The predicted octanol–water partition coefficient (Wildman–Crippen LogP) is 2.99. The molecule has 3 fully saturated rings. The van der Waals surface area contributed by atoms with Crippen LogP contribution in [-0.2, 0) is 11.3 Å². The van der Waals surface area contributed by atoms with Crippen LogP contribution in [-0.4, -0.2) is 31.8 Å². The molecule has 1 saturated heterocycles. The second kappa shape index (κ2) is 6.65. The maximum Gasteiger partial charge on any atom is 0.191 e. The van der Waals surface area contributed by atoms with Crippen molar-refractivity contribution in [2.75, 3.05) is 13.7 Å². The van der Waals surface area contributed by atoms with E-state index < -0.39 is 0 Å². The molecule has 2 heterocycles. The number of aliphatic imine (C=N–C) groups is 1. The lowest BCUT2D eigenvalue weighted by atomic mass is 9.46. The second-order valence-electron chi connectivity index (χ2n) is 6.46. The SMILES string of the molecule is CN=C(NCc1cccs1)NC1C2CCOC2C12CCC2.I. The molecular formula is C16H24IN3OS. The molecule has 1 aromatic heterocycles. The van der Waals surface area contributed by atoms with Gasteiger partial charge < -0.3 is 15.4 Å². The number of fused-ring (bicyclic) bond motifs is 2. The Balaban J connectivity index is 0.00000144. The van der Waals surface area contributed by atoms with Crippen LogP contribution in [0, 0.1) is 11.3 Å². The Labute approximate surface area is 153 Å². The van der Waals surface area contributed by atoms with Crippen LogP contribution < -0.4 is 10.6 Å². The zero-order valence-electron chi connectivity index (χ0n) is 12.9. The number of halogens is 1. The minimum atomic E-state index is 0. The summed E-state index contributed by atoms with van der Waals surface area (Å²) >= 11 is 1.78. The third-order valence-electron chi connectivity index (χ3n) is 5.56. The lowest BCUT2D eigenvalue weighted by Gasteiger charge is -2.63. The van der Waals surface area contributed by atoms with Crippen molar-refractivity contribution >= 4 is 41.3 Å². The van der Waals surface area contributed by atoms with Crippen LogP contribution in [0.3, 0.4) is 0 Å². The summed E-state index contributed by atoms with van der Waals surface area (Å²) in [6.07, 6.45) is 5.69. The van der Waals surface area contributed by atoms with Crippen molar-refractivity contribution < 1.29 is 4.74 Å².